The molecule has 3 nitrogen and oxygen atoms in total. The smallest absolute Gasteiger partial charge is 0.0504 e. The van der Waals surface area contributed by atoms with Crippen LogP contribution >= 0.6 is 0 Å². The topological polar surface area (TPSA) is 36.1 Å². The van der Waals surface area contributed by atoms with Crippen molar-refractivity contribution in [3.05, 3.63) is 12.8 Å². The van der Waals surface area contributed by atoms with Gasteiger partial charge in [-0.1, -0.05) is 6.58 Å². The summed E-state index contributed by atoms with van der Waals surface area (Å²) in [5.41, 5.74) is 0. The van der Waals surface area contributed by atoms with Gasteiger partial charge < -0.3 is 16.0 Å². The van der Waals surface area contributed by atoms with Crippen LogP contribution in [0.1, 0.15) is 0 Å². The number of nitrogens with one attached hydrogen (secondary N) is 3. The molecule has 1 saturated heterocycles. The summed E-state index contributed by atoms with van der Waals surface area (Å²) in [5.74, 6) is 0. The van der Waals surface area contributed by atoms with Crippen LogP contribution in [0.25, 0.3) is 0 Å². The monoisotopic (exact) mass is 141 g/mol. The van der Waals surface area contributed by atoms with Crippen molar-refractivity contribution < 1.29 is 0 Å². The number of hydrogen-bond acceptors (Lipinski definition) is 3. The van der Waals surface area contributed by atoms with Gasteiger partial charge in [0.2, 0.25) is 0 Å². The van der Waals surface area contributed by atoms with E-state index in [-0.39, 0.29) is 0 Å². The fourth-order valence-corrected chi connectivity index (χ4v) is 1.09. The molecule has 0 amide bonds. The van der Waals surface area contributed by atoms with Gasteiger partial charge in [0.05, 0.1) is 6.04 Å². The highest BCUT2D eigenvalue weighted by atomic mass is 15.1. The second-order valence-electron chi connectivity index (χ2n) is 2.48. The van der Waals surface area contributed by atoms with Gasteiger partial charge in [0, 0.05) is 26.2 Å². The Bertz CT molecular complexity index is 95.0. The van der Waals surface area contributed by atoms with E-state index >= 15 is 0 Å². The molecular formula is C7H15N3. The predicted molar refractivity (Wildman–Crippen MR) is 42.9 cm³/mol. The Morgan fingerprint density at radius 2 is 1.90 bits per heavy atom. The summed E-state index contributed by atoms with van der Waals surface area (Å²) in [4.78, 5) is 0. The minimum Gasteiger partial charge on any atom is -0.386 e. The van der Waals surface area contributed by atoms with Crippen LogP contribution in [0.15, 0.2) is 12.8 Å². The summed E-state index contributed by atoms with van der Waals surface area (Å²) in [6.45, 7) is 7.80. The standard InChI is InChI=1S/C7H15N3/c1-2-10-7-5-8-3-4-9-6-7/h2,7-10H,1,3-6H2. The molecule has 3 N–H and O–H groups in total. The summed E-state index contributed by atoms with van der Waals surface area (Å²) in [7, 11) is 0. The third kappa shape index (κ3) is 2.37. The van der Waals surface area contributed by atoms with Crippen molar-refractivity contribution in [1.29, 1.82) is 0 Å². The van der Waals surface area contributed by atoms with E-state index in [0.717, 1.165) is 26.2 Å². The van der Waals surface area contributed by atoms with Gasteiger partial charge in [-0.25, -0.2) is 0 Å². The van der Waals surface area contributed by atoms with Crippen molar-refractivity contribution >= 4 is 0 Å². The molecule has 0 aliphatic carbocycles. The van der Waals surface area contributed by atoms with E-state index < -0.39 is 0 Å². The molecule has 58 valence electrons. The van der Waals surface area contributed by atoms with Crippen LogP contribution in [0, 0.1) is 0 Å². The van der Waals surface area contributed by atoms with Crippen LogP contribution in [0.3, 0.4) is 0 Å². The van der Waals surface area contributed by atoms with Crippen LogP contribution in [-0.2, 0) is 0 Å². The van der Waals surface area contributed by atoms with Crippen LogP contribution in [0.5, 0.6) is 0 Å². The summed E-state index contributed by atoms with van der Waals surface area (Å²) in [6.07, 6.45) is 1.75. The molecule has 0 spiro atoms. The lowest BCUT2D eigenvalue weighted by Crippen LogP contribution is -2.38. The molecule has 0 radical (unpaired) electrons. The minimum absolute atomic E-state index is 0.500. The molecule has 1 fully saturated rings. The highest BCUT2D eigenvalue weighted by Crippen LogP contribution is 1.82. The van der Waals surface area contributed by atoms with Crippen molar-refractivity contribution in [3.8, 4) is 0 Å². The Morgan fingerprint density at radius 1 is 1.30 bits per heavy atom. The number of hydrogen-bond donors (Lipinski definition) is 3. The van der Waals surface area contributed by atoms with Gasteiger partial charge >= 0.3 is 0 Å². The van der Waals surface area contributed by atoms with Crippen molar-refractivity contribution in [2.45, 2.75) is 6.04 Å². The molecule has 0 aromatic carbocycles. The van der Waals surface area contributed by atoms with Gasteiger partial charge in [-0.3, -0.25) is 0 Å². The molecule has 1 rings (SSSR count). The molecule has 3 heteroatoms. The predicted octanol–water partition coefficient (Wildman–Crippen LogP) is -0.719. The molecule has 1 aliphatic rings. The highest BCUT2D eigenvalue weighted by Gasteiger charge is 2.07. The molecule has 1 heterocycles. The first-order chi connectivity index (χ1) is 4.93. The molecule has 0 bridgehead atoms. The van der Waals surface area contributed by atoms with E-state index in [4.69, 9.17) is 0 Å². The largest absolute Gasteiger partial charge is 0.386 e. The average molecular weight is 141 g/mol. The van der Waals surface area contributed by atoms with Crippen molar-refractivity contribution in [2.24, 2.45) is 0 Å². The van der Waals surface area contributed by atoms with Crippen LogP contribution in [-0.4, -0.2) is 32.2 Å². The fourth-order valence-electron chi connectivity index (χ4n) is 1.09. The van der Waals surface area contributed by atoms with E-state index in [0.29, 0.717) is 6.04 Å². The molecule has 0 atom stereocenters. The first kappa shape index (κ1) is 7.57. The van der Waals surface area contributed by atoms with Gasteiger partial charge in [0.25, 0.3) is 0 Å². The normalized spacial score (nSPS) is 21.6. The molecule has 0 aromatic heterocycles. The Morgan fingerprint density at radius 3 is 2.40 bits per heavy atom. The molecule has 10 heavy (non-hydrogen) atoms. The average Bonchev–Trinajstić information content (AvgIpc) is 2.17. The van der Waals surface area contributed by atoms with E-state index in [1.165, 1.54) is 0 Å². The van der Waals surface area contributed by atoms with Crippen LogP contribution in [0.2, 0.25) is 0 Å². The fraction of sp³-hybridized carbons (Fsp3) is 0.714. The molecule has 0 saturated carbocycles. The molecule has 0 aromatic rings. The van der Waals surface area contributed by atoms with E-state index in [1.54, 1.807) is 6.20 Å². The van der Waals surface area contributed by atoms with Gasteiger partial charge in [-0.15, -0.1) is 0 Å². The quantitative estimate of drug-likeness (QED) is 0.475. The summed E-state index contributed by atoms with van der Waals surface area (Å²) < 4.78 is 0. The third-order valence-corrected chi connectivity index (χ3v) is 1.61. The molecule has 0 unspecified atom stereocenters. The van der Waals surface area contributed by atoms with E-state index in [1.807, 2.05) is 0 Å². The van der Waals surface area contributed by atoms with Crippen LogP contribution in [0.4, 0.5) is 0 Å². The lowest BCUT2D eigenvalue weighted by atomic mass is 10.3. The Labute approximate surface area is 61.9 Å². The summed E-state index contributed by atoms with van der Waals surface area (Å²) >= 11 is 0. The Kier molecular flexibility index (Phi) is 3.26. The maximum Gasteiger partial charge on any atom is 0.0504 e. The lowest BCUT2D eigenvalue weighted by molar-refractivity contribution is 0.552. The zero-order valence-electron chi connectivity index (χ0n) is 6.19. The zero-order valence-corrected chi connectivity index (χ0v) is 6.19. The highest BCUT2D eigenvalue weighted by molar-refractivity contribution is 4.80. The van der Waals surface area contributed by atoms with Gasteiger partial charge in [0.15, 0.2) is 0 Å². The van der Waals surface area contributed by atoms with Gasteiger partial charge in [0.1, 0.15) is 0 Å². The first-order valence-corrected chi connectivity index (χ1v) is 3.72. The lowest BCUT2D eigenvalue weighted by Gasteiger charge is -2.13. The summed E-state index contributed by atoms with van der Waals surface area (Å²) in [6, 6.07) is 0.500. The molecular weight excluding hydrogens is 126 g/mol. The van der Waals surface area contributed by atoms with Gasteiger partial charge in [-0.05, 0) is 6.20 Å². The van der Waals surface area contributed by atoms with Crippen molar-refractivity contribution in [3.63, 3.8) is 0 Å². The van der Waals surface area contributed by atoms with E-state index in [2.05, 4.69) is 22.5 Å². The maximum absolute atomic E-state index is 3.62. The van der Waals surface area contributed by atoms with E-state index in [9.17, 15) is 0 Å². The second-order valence-corrected chi connectivity index (χ2v) is 2.48. The number of rotatable bonds is 2. The third-order valence-electron chi connectivity index (χ3n) is 1.61. The van der Waals surface area contributed by atoms with Crippen LogP contribution < -0.4 is 16.0 Å². The first-order valence-electron chi connectivity index (χ1n) is 3.72. The Hall–Kier alpha value is -0.540. The zero-order chi connectivity index (χ0) is 7.23. The SMILES string of the molecule is C=CNC1CNCCNC1. The maximum atomic E-state index is 3.62. The molecule has 1 aliphatic heterocycles. The summed E-state index contributed by atoms with van der Waals surface area (Å²) in [5, 5.41) is 9.78. The van der Waals surface area contributed by atoms with Crippen molar-refractivity contribution in [2.75, 3.05) is 26.2 Å². The van der Waals surface area contributed by atoms with Crippen molar-refractivity contribution in [1.82, 2.24) is 16.0 Å². The second kappa shape index (κ2) is 4.30. The Balaban J connectivity index is 2.21. The van der Waals surface area contributed by atoms with Gasteiger partial charge in [-0.2, -0.15) is 0 Å². The minimum atomic E-state index is 0.500.